The Balaban J connectivity index is 2.13. The van der Waals surface area contributed by atoms with Gasteiger partial charge in [0.05, 0.1) is 0 Å². The maximum atomic E-state index is 3.37. The van der Waals surface area contributed by atoms with E-state index in [9.17, 15) is 0 Å². The van der Waals surface area contributed by atoms with Gasteiger partial charge in [-0.15, -0.1) is 0 Å². The Labute approximate surface area is 85.9 Å². The molecule has 1 saturated heterocycles. The highest BCUT2D eigenvalue weighted by atomic mass is 15.2. The Hall–Kier alpha value is -1.02. The zero-order chi connectivity index (χ0) is 9.80. The summed E-state index contributed by atoms with van der Waals surface area (Å²) in [4.78, 5) is 2.45. The Morgan fingerprint density at radius 3 is 2.79 bits per heavy atom. The van der Waals surface area contributed by atoms with E-state index >= 15 is 0 Å². The van der Waals surface area contributed by atoms with Gasteiger partial charge in [0.2, 0.25) is 0 Å². The second kappa shape index (κ2) is 4.47. The molecule has 2 nitrogen and oxygen atoms in total. The lowest BCUT2D eigenvalue weighted by Gasteiger charge is -2.29. The molecule has 0 atom stereocenters. The maximum Gasteiger partial charge on any atom is 0.0369 e. The van der Waals surface area contributed by atoms with Crippen molar-refractivity contribution in [3.63, 3.8) is 0 Å². The lowest BCUT2D eigenvalue weighted by Crippen LogP contribution is -2.43. The highest BCUT2D eigenvalue weighted by Gasteiger charge is 2.09. The van der Waals surface area contributed by atoms with Gasteiger partial charge in [0.25, 0.3) is 0 Å². The fourth-order valence-electron chi connectivity index (χ4n) is 1.90. The molecule has 0 radical (unpaired) electrons. The van der Waals surface area contributed by atoms with Crippen LogP contribution in [0, 0.1) is 0 Å². The highest BCUT2D eigenvalue weighted by molar-refractivity contribution is 5.49. The van der Waals surface area contributed by atoms with Gasteiger partial charge in [0, 0.05) is 31.9 Å². The zero-order valence-electron chi connectivity index (χ0n) is 8.79. The Morgan fingerprint density at radius 2 is 2.07 bits per heavy atom. The summed E-state index contributed by atoms with van der Waals surface area (Å²) in [6.45, 7) is 6.68. The van der Waals surface area contributed by atoms with Gasteiger partial charge in [-0.25, -0.2) is 0 Å². The Morgan fingerprint density at radius 1 is 1.29 bits per heavy atom. The average Bonchev–Trinajstić information content (AvgIpc) is 2.30. The van der Waals surface area contributed by atoms with E-state index in [4.69, 9.17) is 0 Å². The average molecular weight is 190 g/mol. The molecular formula is C12H18N2. The standard InChI is InChI=1S/C12H18N2/c1-2-11-4-3-5-12(10-11)14-8-6-13-7-9-14/h3-5,10,13H,2,6-9H2,1H3. The van der Waals surface area contributed by atoms with E-state index < -0.39 is 0 Å². The van der Waals surface area contributed by atoms with E-state index in [-0.39, 0.29) is 0 Å². The molecule has 0 spiro atoms. The third-order valence-electron chi connectivity index (χ3n) is 2.80. The molecule has 0 unspecified atom stereocenters. The molecule has 1 heterocycles. The van der Waals surface area contributed by atoms with Crippen LogP contribution in [-0.2, 0) is 6.42 Å². The van der Waals surface area contributed by atoms with Gasteiger partial charge in [-0.1, -0.05) is 19.1 Å². The first-order valence-corrected chi connectivity index (χ1v) is 5.45. The van der Waals surface area contributed by atoms with Crippen molar-refractivity contribution in [2.45, 2.75) is 13.3 Å². The normalized spacial score (nSPS) is 17.1. The van der Waals surface area contributed by atoms with Crippen LogP contribution >= 0.6 is 0 Å². The fourth-order valence-corrected chi connectivity index (χ4v) is 1.90. The lowest BCUT2D eigenvalue weighted by atomic mass is 10.1. The quantitative estimate of drug-likeness (QED) is 0.763. The SMILES string of the molecule is CCc1cccc(N2CCNCC2)c1. The van der Waals surface area contributed by atoms with Crippen LogP contribution in [0.2, 0.25) is 0 Å². The van der Waals surface area contributed by atoms with Crippen molar-refractivity contribution >= 4 is 5.69 Å². The number of benzene rings is 1. The van der Waals surface area contributed by atoms with Gasteiger partial charge >= 0.3 is 0 Å². The first kappa shape index (κ1) is 9.53. The first-order chi connectivity index (χ1) is 6.90. The van der Waals surface area contributed by atoms with Crippen molar-refractivity contribution < 1.29 is 0 Å². The number of nitrogens with one attached hydrogen (secondary N) is 1. The molecule has 0 saturated carbocycles. The van der Waals surface area contributed by atoms with E-state index in [1.54, 1.807) is 0 Å². The van der Waals surface area contributed by atoms with Crippen molar-refractivity contribution in [1.29, 1.82) is 0 Å². The summed E-state index contributed by atoms with van der Waals surface area (Å²) in [5, 5.41) is 3.37. The molecular weight excluding hydrogens is 172 g/mol. The molecule has 1 N–H and O–H groups in total. The minimum Gasteiger partial charge on any atom is -0.369 e. The predicted octanol–water partition coefficient (Wildman–Crippen LogP) is 1.66. The molecule has 14 heavy (non-hydrogen) atoms. The van der Waals surface area contributed by atoms with Gasteiger partial charge in [0.1, 0.15) is 0 Å². The molecule has 1 fully saturated rings. The molecule has 1 aromatic carbocycles. The van der Waals surface area contributed by atoms with E-state index in [0.29, 0.717) is 0 Å². The number of anilines is 1. The van der Waals surface area contributed by atoms with Gasteiger partial charge in [0.15, 0.2) is 0 Å². The van der Waals surface area contributed by atoms with Gasteiger partial charge in [-0.05, 0) is 24.1 Å². The molecule has 0 amide bonds. The minimum absolute atomic E-state index is 1.11. The van der Waals surface area contributed by atoms with Gasteiger partial charge < -0.3 is 10.2 Å². The van der Waals surface area contributed by atoms with Crippen molar-refractivity contribution in [2.24, 2.45) is 0 Å². The number of rotatable bonds is 2. The van der Waals surface area contributed by atoms with E-state index in [1.807, 2.05) is 0 Å². The zero-order valence-corrected chi connectivity index (χ0v) is 8.79. The van der Waals surface area contributed by atoms with E-state index in [1.165, 1.54) is 11.3 Å². The second-order valence-corrected chi connectivity index (χ2v) is 3.76. The minimum atomic E-state index is 1.11. The third kappa shape index (κ3) is 2.07. The van der Waals surface area contributed by atoms with Crippen LogP contribution in [0.3, 0.4) is 0 Å². The summed E-state index contributed by atoms with van der Waals surface area (Å²) in [6.07, 6.45) is 1.12. The van der Waals surface area contributed by atoms with Crippen LogP contribution in [0.1, 0.15) is 12.5 Å². The monoisotopic (exact) mass is 190 g/mol. The van der Waals surface area contributed by atoms with Crippen LogP contribution < -0.4 is 10.2 Å². The first-order valence-electron chi connectivity index (χ1n) is 5.45. The molecule has 0 bridgehead atoms. The van der Waals surface area contributed by atoms with Crippen molar-refractivity contribution in [1.82, 2.24) is 5.32 Å². The fraction of sp³-hybridized carbons (Fsp3) is 0.500. The third-order valence-corrected chi connectivity index (χ3v) is 2.80. The molecule has 0 aromatic heterocycles. The highest BCUT2D eigenvalue weighted by Crippen LogP contribution is 2.16. The summed E-state index contributed by atoms with van der Waals surface area (Å²) in [6, 6.07) is 8.89. The summed E-state index contributed by atoms with van der Waals surface area (Å²) >= 11 is 0. The molecule has 2 heteroatoms. The van der Waals surface area contributed by atoms with Crippen LogP contribution in [0.4, 0.5) is 5.69 Å². The van der Waals surface area contributed by atoms with Crippen LogP contribution in [0.15, 0.2) is 24.3 Å². The van der Waals surface area contributed by atoms with Crippen molar-refractivity contribution in [2.75, 3.05) is 31.1 Å². The number of hydrogen-bond donors (Lipinski definition) is 1. The largest absolute Gasteiger partial charge is 0.369 e. The molecule has 1 aliphatic heterocycles. The van der Waals surface area contributed by atoms with Crippen LogP contribution in [-0.4, -0.2) is 26.2 Å². The van der Waals surface area contributed by atoms with E-state index in [2.05, 4.69) is 41.4 Å². The van der Waals surface area contributed by atoms with E-state index in [0.717, 1.165) is 32.6 Å². The maximum absolute atomic E-state index is 3.37. The predicted molar refractivity (Wildman–Crippen MR) is 60.9 cm³/mol. The molecule has 76 valence electrons. The topological polar surface area (TPSA) is 15.3 Å². The van der Waals surface area contributed by atoms with Crippen molar-refractivity contribution in [3.05, 3.63) is 29.8 Å². The van der Waals surface area contributed by atoms with Crippen LogP contribution in [0.25, 0.3) is 0 Å². The smallest absolute Gasteiger partial charge is 0.0369 e. The van der Waals surface area contributed by atoms with Gasteiger partial charge in [-0.3, -0.25) is 0 Å². The number of hydrogen-bond acceptors (Lipinski definition) is 2. The second-order valence-electron chi connectivity index (χ2n) is 3.76. The summed E-state index contributed by atoms with van der Waals surface area (Å²) in [5.41, 5.74) is 2.81. The van der Waals surface area contributed by atoms with Crippen LogP contribution in [0.5, 0.6) is 0 Å². The molecule has 1 aliphatic rings. The lowest BCUT2D eigenvalue weighted by molar-refractivity contribution is 0.589. The number of piperazine rings is 1. The Bertz CT molecular complexity index is 290. The molecule has 0 aliphatic carbocycles. The number of aryl methyl sites for hydroxylation is 1. The molecule has 2 rings (SSSR count). The summed E-state index contributed by atoms with van der Waals surface area (Å²) < 4.78 is 0. The molecule has 1 aromatic rings. The summed E-state index contributed by atoms with van der Waals surface area (Å²) in [7, 11) is 0. The Kier molecular flexibility index (Phi) is 3.04. The van der Waals surface area contributed by atoms with Crippen molar-refractivity contribution in [3.8, 4) is 0 Å². The van der Waals surface area contributed by atoms with Gasteiger partial charge in [-0.2, -0.15) is 0 Å². The summed E-state index contributed by atoms with van der Waals surface area (Å²) in [5.74, 6) is 0. The number of nitrogens with zero attached hydrogens (tertiary/aromatic N) is 1.